The van der Waals surface area contributed by atoms with Gasteiger partial charge in [-0.25, -0.2) is 4.98 Å². The number of likely N-dealkylation sites (tertiary alicyclic amines) is 1. The zero-order chi connectivity index (χ0) is 43.7. The lowest BCUT2D eigenvalue weighted by Gasteiger charge is -2.39. The van der Waals surface area contributed by atoms with E-state index >= 15 is 0 Å². The number of aliphatic hydroxyl groups excluding tert-OH is 1. The number of pyridine rings is 1. The highest BCUT2D eigenvalue weighted by molar-refractivity contribution is 7.13. The van der Waals surface area contributed by atoms with Gasteiger partial charge in [0.2, 0.25) is 11.8 Å². The third-order valence-electron chi connectivity index (χ3n) is 10.5. The van der Waals surface area contributed by atoms with E-state index in [4.69, 9.17) is 0 Å². The summed E-state index contributed by atoms with van der Waals surface area (Å²) >= 11 is 1.65. The molecule has 1 unspecified atom stereocenters. The second kappa shape index (κ2) is 20.1. The third-order valence-corrected chi connectivity index (χ3v) is 11.4. The fourth-order valence-electron chi connectivity index (χ4n) is 7.04. The summed E-state index contributed by atoms with van der Waals surface area (Å²) in [6, 6.07) is 11.4. The number of thiazole rings is 1. The molecule has 11 heteroatoms. The van der Waals surface area contributed by atoms with E-state index in [0.717, 1.165) is 28.9 Å². The van der Waals surface area contributed by atoms with Gasteiger partial charge in [0.05, 0.1) is 28.2 Å². The number of aliphatic hydroxyl groups is 1. The summed E-state index contributed by atoms with van der Waals surface area (Å²) < 4.78 is 0. The molecule has 0 spiro atoms. The van der Waals surface area contributed by atoms with Crippen LogP contribution < -0.4 is 16.0 Å². The first-order valence-electron chi connectivity index (χ1n) is 20.6. The highest BCUT2D eigenvalue weighted by atomic mass is 32.1. The first kappa shape index (κ1) is 48.0. The number of aromatic nitrogens is 2. The van der Waals surface area contributed by atoms with E-state index in [9.17, 15) is 19.5 Å². The van der Waals surface area contributed by atoms with Gasteiger partial charge < -0.3 is 26.0 Å². The van der Waals surface area contributed by atoms with Crippen molar-refractivity contribution in [1.29, 1.82) is 0 Å². The van der Waals surface area contributed by atoms with Crippen LogP contribution >= 0.6 is 11.3 Å². The minimum Gasteiger partial charge on any atom is -0.391 e. The molecule has 1 aromatic carbocycles. The van der Waals surface area contributed by atoms with E-state index in [-0.39, 0.29) is 52.0 Å². The van der Waals surface area contributed by atoms with Gasteiger partial charge in [-0.1, -0.05) is 120 Å². The average Bonchev–Trinajstić information content (AvgIpc) is 3.76. The molecule has 5 atom stereocenters. The van der Waals surface area contributed by atoms with Crippen LogP contribution in [-0.4, -0.2) is 62.4 Å². The quantitative estimate of drug-likeness (QED) is 0.169. The van der Waals surface area contributed by atoms with E-state index in [1.54, 1.807) is 23.6 Å². The van der Waals surface area contributed by atoms with Gasteiger partial charge in [0.25, 0.3) is 5.91 Å². The molecule has 2 aliphatic heterocycles. The van der Waals surface area contributed by atoms with Crippen molar-refractivity contribution in [2.75, 3.05) is 6.54 Å². The highest BCUT2D eigenvalue weighted by Gasteiger charge is 2.43. The fourth-order valence-corrected chi connectivity index (χ4v) is 7.85. The van der Waals surface area contributed by atoms with E-state index in [2.05, 4.69) is 133 Å². The monoisotopic (exact) mass is 815 g/mol. The molecule has 58 heavy (non-hydrogen) atoms. The normalized spacial score (nSPS) is 19.4. The topological polar surface area (TPSA) is 137 Å². The molecule has 318 valence electrons. The maximum absolute atomic E-state index is 13.8. The van der Waals surface area contributed by atoms with Gasteiger partial charge in [-0.3, -0.25) is 19.4 Å². The van der Waals surface area contributed by atoms with Gasteiger partial charge in [-0.05, 0) is 72.1 Å². The summed E-state index contributed by atoms with van der Waals surface area (Å²) in [5.74, 6) is -0.550. The zero-order valence-electron chi connectivity index (χ0n) is 37.4. The molecule has 10 nitrogen and oxygen atoms in total. The molecule has 4 heterocycles. The molecule has 2 fully saturated rings. The number of aryl methyl sites for hydroxylation is 1. The van der Waals surface area contributed by atoms with Gasteiger partial charge in [0.1, 0.15) is 11.7 Å². The van der Waals surface area contributed by atoms with Gasteiger partial charge in [0.15, 0.2) is 0 Å². The van der Waals surface area contributed by atoms with Crippen molar-refractivity contribution in [3.63, 3.8) is 0 Å². The maximum Gasteiger partial charge on any atom is 0.270 e. The van der Waals surface area contributed by atoms with E-state index in [1.165, 1.54) is 10.4 Å². The Morgan fingerprint density at radius 1 is 1.02 bits per heavy atom. The van der Waals surface area contributed by atoms with Crippen molar-refractivity contribution in [3.8, 4) is 10.4 Å². The number of benzene rings is 1. The first-order chi connectivity index (χ1) is 26.9. The highest BCUT2D eigenvalue weighted by Crippen LogP contribution is 2.39. The van der Waals surface area contributed by atoms with Crippen LogP contribution in [-0.2, 0) is 15.0 Å². The number of rotatable bonds is 9. The van der Waals surface area contributed by atoms with Crippen molar-refractivity contribution in [3.05, 3.63) is 95.2 Å². The molecule has 3 aromatic rings. The van der Waals surface area contributed by atoms with Crippen molar-refractivity contribution in [1.82, 2.24) is 30.8 Å². The lowest BCUT2D eigenvalue weighted by Crippen LogP contribution is -2.49. The third kappa shape index (κ3) is 13.3. The molecule has 2 aromatic heterocycles. The van der Waals surface area contributed by atoms with Crippen LogP contribution in [0.3, 0.4) is 0 Å². The molecule has 0 saturated carbocycles. The second-order valence-corrected chi connectivity index (χ2v) is 19.6. The molecule has 3 amide bonds. The predicted molar refractivity (Wildman–Crippen MR) is 238 cm³/mol. The smallest absolute Gasteiger partial charge is 0.270 e. The minimum absolute atomic E-state index is 0.00831. The number of carbonyl (C=O) groups is 3. The van der Waals surface area contributed by atoms with Crippen LogP contribution in [0.4, 0.5) is 0 Å². The van der Waals surface area contributed by atoms with Crippen molar-refractivity contribution in [2.24, 2.45) is 16.7 Å². The molecule has 0 bridgehead atoms. The lowest BCUT2D eigenvalue weighted by atomic mass is 9.71. The van der Waals surface area contributed by atoms with Crippen molar-refractivity contribution in [2.45, 2.75) is 145 Å². The standard InChI is InChI=1S/C29H43N3O2S.C16H21N3O2.C2H6/c1-18(21-10-12-22(13-11-21)26-20(3)30-17-35-26)31-19(2)25-14-23(33)16-32(25)27(34)24(29(7,8)9)15-28(4,5)6;1-10-5-7-13(15(21)18-10)19-14(20)12-8-6-11(9-17-12)16(2,3)4;1-2/h10-13,17-18,23-25,31,33H,2,14-16H2,1,3-9H3;6,8-9,13H,1,5,7H2,2-4H3,(H,18,21)(H,19,20);1-2H3/t18-,23+,24+,25-;;/m0../s1. The summed E-state index contributed by atoms with van der Waals surface area (Å²) in [4.78, 5) is 49.3. The summed E-state index contributed by atoms with van der Waals surface area (Å²) in [6.45, 7) is 35.7. The number of hydrogen-bond acceptors (Lipinski definition) is 8. The van der Waals surface area contributed by atoms with Crippen molar-refractivity contribution >= 4 is 29.1 Å². The fraction of sp³-hybridized carbons (Fsp3) is 0.553. The number of piperidine rings is 1. The summed E-state index contributed by atoms with van der Waals surface area (Å²) in [7, 11) is 0. The van der Waals surface area contributed by atoms with Gasteiger partial charge in [-0.15, -0.1) is 11.3 Å². The molecule has 2 saturated heterocycles. The maximum atomic E-state index is 13.8. The molecular formula is C47H70N6O4S. The largest absolute Gasteiger partial charge is 0.391 e. The van der Waals surface area contributed by atoms with Gasteiger partial charge in [0, 0.05) is 42.5 Å². The van der Waals surface area contributed by atoms with E-state index in [0.29, 0.717) is 37.2 Å². The zero-order valence-corrected chi connectivity index (χ0v) is 38.2. The summed E-state index contributed by atoms with van der Waals surface area (Å²) in [6.07, 6.45) is 3.73. The number of carbonyl (C=O) groups excluding carboxylic acids is 3. The Morgan fingerprint density at radius 3 is 2.16 bits per heavy atom. The summed E-state index contributed by atoms with van der Waals surface area (Å²) in [5.41, 5.74) is 7.96. The first-order valence-corrected chi connectivity index (χ1v) is 21.5. The lowest BCUT2D eigenvalue weighted by molar-refractivity contribution is -0.141. The van der Waals surface area contributed by atoms with E-state index < -0.39 is 12.1 Å². The van der Waals surface area contributed by atoms with Gasteiger partial charge >= 0.3 is 0 Å². The minimum atomic E-state index is -0.532. The number of allylic oxidation sites excluding steroid dienone is 1. The number of nitrogens with zero attached hydrogens (tertiary/aromatic N) is 3. The Morgan fingerprint density at radius 2 is 1.66 bits per heavy atom. The molecule has 2 aliphatic rings. The molecule has 0 aliphatic carbocycles. The predicted octanol–water partition coefficient (Wildman–Crippen LogP) is 9.27. The SMILES string of the molecule is C=C(N[C@@H](C)c1ccc(-c2scnc2C)cc1)[C@@H]1C[C@@H](O)CN1C(=O)[C@@H](CC(C)(C)C)C(C)(C)C.C=C1CCC(NC(=O)c2ccc(C(C)(C)C)cn2)C(=O)N1.CC. The van der Waals surface area contributed by atoms with Crippen LogP contribution in [0.25, 0.3) is 10.4 Å². The van der Waals surface area contributed by atoms with Crippen molar-refractivity contribution < 1.29 is 19.5 Å². The number of amides is 3. The Kier molecular flexibility index (Phi) is 16.6. The second-order valence-electron chi connectivity index (χ2n) is 18.7. The Hall–Kier alpha value is -4.35. The Balaban J connectivity index is 0.000000333. The van der Waals surface area contributed by atoms with Crippen LogP contribution in [0.15, 0.2) is 72.7 Å². The Bertz CT molecular complexity index is 1860. The summed E-state index contributed by atoms with van der Waals surface area (Å²) in [5, 5.41) is 19.4. The van der Waals surface area contributed by atoms with E-state index in [1.807, 2.05) is 37.2 Å². The van der Waals surface area contributed by atoms with Crippen LogP contribution in [0.2, 0.25) is 0 Å². The number of nitrogens with one attached hydrogen (secondary N) is 3. The molecule has 5 rings (SSSR count). The molecule has 0 radical (unpaired) electrons. The Labute approximate surface area is 352 Å². The number of β-amino-alcohol motifs (C(OH)–C–C–N with tert-alkyl or cyclic N) is 1. The molecule has 4 N–H and O–H groups in total. The number of hydrogen-bond donors (Lipinski definition) is 4. The average molecular weight is 815 g/mol. The van der Waals surface area contributed by atoms with Gasteiger partial charge in [-0.2, -0.15) is 0 Å². The molecular weight excluding hydrogens is 745 g/mol. The van der Waals surface area contributed by atoms with Crippen LogP contribution in [0, 0.1) is 23.7 Å². The van der Waals surface area contributed by atoms with Crippen LogP contribution in [0.5, 0.6) is 0 Å². The van der Waals surface area contributed by atoms with Crippen LogP contribution in [0.1, 0.15) is 142 Å².